The van der Waals surface area contributed by atoms with Crippen molar-refractivity contribution in [1.29, 1.82) is 0 Å². The average molecular weight is 796 g/mol. The maximum Gasteiger partial charge on any atom is 0.408 e. The summed E-state index contributed by atoms with van der Waals surface area (Å²) in [7, 11) is -2.30. The Morgan fingerprint density at radius 2 is 1.84 bits per heavy atom. The fourth-order valence-electron chi connectivity index (χ4n) is 7.78. The van der Waals surface area contributed by atoms with E-state index in [1.807, 2.05) is 47.9 Å². The largest absolute Gasteiger partial charge is 0.497 e. The summed E-state index contributed by atoms with van der Waals surface area (Å²) in [5.74, 6) is -1.65. The highest BCUT2D eigenvalue weighted by Crippen LogP contribution is 2.46. The van der Waals surface area contributed by atoms with Gasteiger partial charge in [-0.25, -0.2) is 13.2 Å². The molecule has 3 aliphatic carbocycles. The third-order valence-corrected chi connectivity index (χ3v) is 13.9. The quantitative estimate of drug-likeness (QED) is 0.173. The van der Waals surface area contributed by atoms with E-state index >= 15 is 0 Å². The molecule has 2 aromatic rings. The molecule has 0 bridgehead atoms. The summed E-state index contributed by atoms with van der Waals surface area (Å²) in [4.78, 5) is 63.9. The number of hydrogen-bond acceptors (Lipinski definition) is 11. The van der Waals surface area contributed by atoms with Crippen LogP contribution in [0.3, 0.4) is 0 Å². The van der Waals surface area contributed by atoms with Gasteiger partial charge in [-0.3, -0.25) is 19.1 Å². The van der Waals surface area contributed by atoms with E-state index in [0.29, 0.717) is 37.9 Å². The number of rotatable bonds is 10. The Hall–Kier alpha value is -4.44. The molecule has 4 amide bonds. The number of fused-ring (bicyclic) bond motifs is 2. The van der Waals surface area contributed by atoms with E-state index < -0.39 is 68.7 Å². The van der Waals surface area contributed by atoms with Gasteiger partial charge in [0.2, 0.25) is 21.8 Å². The number of nitrogens with one attached hydrogen (secondary N) is 3. The summed E-state index contributed by atoms with van der Waals surface area (Å²) in [5, 5.41) is 11.3. The van der Waals surface area contributed by atoms with Crippen LogP contribution >= 0.6 is 11.3 Å². The molecular weight excluding hydrogens is 747 g/mol. The van der Waals surface area contributed by atoms with Gasteiger partial charge in [0.1, 0.15) is 35.6 Å². The van der Waals surface area contributed by atoms with Crippen LogP contribution < -0.4 is 20.1 Å². The van der Waals surface area contributed by atoms with Gasteiger partial charge in [-0.15, -0.1) is 11.3 Å². The van der Waals surface area contributed by atoms with E-state index in [2.05, 4.69) is 20.5 Å². The van der Waals surface area contributed by atoms with Crippen LogP contribution in [0.1, 0.15) is 89.0 Å². The molecule has 3 saturated carbocycles. The van der Waals surface area contributed by atoms with E-state index in [-0.39, 0.29) is 25.5 Å². The van der Waals surface area contributed by atoms with Gasteiger partial charge < -0.3 is 29.8 Å². The second kappa shape index (κ2) is 16.7. The SMILES string of the molecule is COc1ccc(-c2cccs2)c(/C=N/O[C@@H]2C[C@H]3C(=O)N[C@@]4(C(=O)NS(=O)(=O)C5CC5)C[C@H]4/C=C\CCCCC[C@H](NC(=O)OC4CCCC4)C(=O)N3C2)c1. The first-order chi connectivity index (χ1) is 26.6. The Morgan fingerprint density at radius 3 is 2.58 bits per heavy atom. The smallest absolute Gasteiger partial charge is 0.408 e. The number of methoxy groups -OCH3 is 1. The maximum absolute atomic E-state index is 14.4. The number of amides is 4. The number of carbonyl (C=O) groups excluding carboxylic acids is 4. The topological polar surface area (TPSA) is 182 Å². The summed E-state index contributed by atoms with van der Waals surface area (Å²) in [5.41, 5.74) is 0.181. The number of oxime groups is 1. The summed E-state index contributed by atoms with van der Waals surface area (Å²) in [6, 6.07) is 7.54. The molecule has 3 N–H and O–H groups in total. The number of benzene rings is 1. The van der Waals surface area contributed by atoms with Gasteiger partial charge in [0.15, 0.2) is 0 Å². The third kappa shape index (κ3) is 9.17. The van der Waals surface area contributed by atoms with Crippen LogP contribution in [0, 0.1) is 5.92 Å². The van der Waals surface area contributed by atoms with Crippen molar-refractivity contribution in [3.8, 4) is 16.2 Å². The van der Waals surface area contributed by atoms with Crippen molar-refractivity contribution in [3.05, 3.63) is 53.4 Å². The standard InChI is InChI=1S/C39H49N5O9S2/c1-51-28-15-18-31(34-14-9-19-54-34)25(20-28)23-40-53-29-21-33-35(45)42-39(37(47)43-55(49,50)30-16-17-30)22-26(39)10-5-3-2-4-6-13-32(36(46)44(33)24-29)41-38(48)52-27-11-7-8-12-27/h5,9-10,14-15,18-20,23,26-27,29-30,32-33H,2-4,6-8,11-13,16-17,21-22,24H2,1H3,(H,41,48)(H,42,45)(H,43,47)/b10-5-,40-23+/t26-,29-,32+,33+,39+/m1/s1. The van der Waals surface area contributed by atoms with Gasteiger partial charge in [0.25, 0.3) is 5.91 Å². The molecule has 7 rings (SSSR count). The van der Waals surface area contributed by atoms with Crippen molar-refractivity contribution in [3.63, 3.8) is 0 Å². The third-order valence-electron chi connectivity index (χ3n) is 11.2. The molecule has 2 aliphatic heterocycles. The van der Waals surface area contributed by atoms with Crippen LogP contribution in [0.5, 0.6) is 5.75 Å². The highest BCUT2D eigenvalue weighted by Gasteiger charge is 2.62. The van der Waals surface area contributed by atoms with Gasteiger partial charge in [-0.1, -0.05) is 36.2 Å². The predicted octanol–water partition coefficient (Wildman–Crippen LogP) is 4.78. The molecule has 5 atom stereocenters. The first-order valence-electron chi connectivity index (χ1n) is 19.3. The zero-order valence-corrected chi connectivity index (χ0v) is 32.6. The lowest BCUT2D eigenvalue weighted by Crippen LogP contribution is -2.58. The Balaban J connectivity index is 1.14. The molecule has 0 unspecified atom stereocenters. The van der Waals surface area contributed by atoms with E-state index in [0.717, 1.165) is 54.5 Å². The molecule has 0 spiro atoms. The molecule has 16 heteroatoms. The van der Waals surface area contributed by atoms with Gasteiger partial charge >= 0.3 is 6.09 Å². The zero-order chi connectivity index (χ0) is 38.6. The van der Waals surface area contributed by atoms with Crippen molar-refractivity contribution >= 4 is 51.4 Å². The molecule has 4 fully saturated rings. The lowest BCUT2D eigenvalue weighted by molar-refractivity contribution is -0.141. The highest BCUT2D eigenvalue weighted by molar-refractivity contribution is 7.91. The summed E-state index contributed by atoms with van der Waals surface area (Å²) < 4.78 is 39.0. The van der Waals surface area contributed by atoms with E-state index in [4.69, 9.17) is 14.3 Å². The number of hydrogen-bond donors (Lipinski definition) is 3. The number of sulfonamides is 1. The maximum atomic E-state index is 14.4. The summed E-state index contributed by atoms with van der Waals surface area (Å²) >= 11 is 1.58. The summed E-state index contributed by atoms with van der Waals surface area (Å²) in [6.07, 6.45) is 11.8. The Bertz CT molecular complexity index is 1910. The van der Waals surface area contributed by atoms with Crippen molar-refractivity contribution in [2.24, 2.45) is 11.1 Å². The number of thiophene rings is 1. The average Bonchev–Trinajstić information content (AvgIpc) is 3.90. The van der Waals surface area contributed by atoms with Gasteiger partial charge in [0.05, 0.1) is 25.1 Å². The van der Waals surface area contributed by atoms with Gasteiger partial charge in [0, 0.05) is 28.3 Å². The molecule has 1 aromatic heterocycles. The number of ether oxygens (including phenoxy) is 2. The molecule has 0 radical (unpaired) electrons. The Kier molecular flexibility index (Phi) is 11.8. The number of nitrogens with zero attached hydrogens (tertiary/aromatic N) is 2. The fourth-order valence-corrected chi connectivity index (χ4v) is 9.91. The minimum atomic E-state index is -3.88. The van der Waals surface area contributed by atoms with Crippen LogP contribution in [0.15, 0.2) is 53.0 Å². The minimum absolute atomic E-state index is 0.0153. The lowest BCUT2D eigenvalue weighted by atomic mass is 10.0. The van der Waals surface area contributed by atoms with Crippen LogP contribution in [-0.4, -0.2) is 92.1 Å². The van der Waals surface area contributed by atoms with Crippen molar-refractivity contribution in [2.45, 2.75) is 119 Å². The van der Waals surface area contributed by atoms with E-state index in [1.165, 1.54) is 4.90 Å². The van der Waals surface area contributed by atoms with Crippen molar-refractivity contribution in [1.82, 2.24) is 20.3 Å². The van der Waals surface area contributed by atoms with Gasteiger partial charge in [-0.2, -0.15) is 0 Å². The van der Waals surface area contributed by atoms with E-state index in [1.54, 1.807) is 24.7 Å². The second-order valence-electron chi connectivity index (χ2n) is 15.2. The van der Waals surface area contributed by atoms with Crippen molar-refractivity contribution in [2.75, 3.05) is 13.7 Å². The number of alkyl carbamates (subject to hydrolysis) is 1. The Labute approximate surface area is 325 Å². The molecule has 1 saturated heterocycles. The van der Waals surface area contributed by atoms with E-state index in [9.17, 15) is 27.6 Å². The molecule has 14 nitrogen and oxygen atoms in total. The van der Waals surface area contributed by atoms with Crippen molar-refractivity contribution < 1.29 is 41.9 Å². The molecule has 5 aliphatic rings. The molecule has 55 heavy (non-hydrogen) atoms. The monoisotopic (exact) mass is 795 g/mol. The first kappa shape index (κ1) is 38.8. The minimum Gasteiger partial charge on any atom is -0.497 e. The highest BCUT2D eigenvalue weighted by atomic mass is 32.2. The number of allylic oxidation sites excluding steroid dienone is 1. The Morgan fingerprint density at radius 1 is 1.04 bits per heavy atom. The van der Waals surface area contributed by atoms with Crippen LogP contribution in [-0.2, 0) is 34.0 Å². The first-order valence-corrected chi connectivity index (χ1v) is 21.7. The van der Waals surface area contributed by atoms with Crippen LogP contribution in [0.2, 0.25) is 0 Å². The fraction of sp³-hybridized carbons (Fsp3) is 0.564. The van der Waals surface area contributed by atoms with Crippen LogP contribution in [0.25, 0.3) is 10.4 Å². The predicted molar refractivity (Wildman–Crippen MR) is 206 cm³/mol. The van der Waals surface area contributed by atoms with Crippen LogP contribution in [0.4, 0.5) is 4.79 Å². The lowest BCUT2D eigenvalue weighted by Gasteiger charge is -2.30. The molecule has 3 heterocycles. The van der Waals surface area contributed by atoms with Gasteiger partial charge in [-0.05, 0) is 93.9 Å². The molecule has 1 aromatic carbocycles. The normalized spacial score (nSPS) is 28.3. The second-order valence-corrected chi connectivity index (χ2v) is 18.1. The zero-order valence-electron chi connectivity index (χ0n) is 30.9. The molecule has 296 valence electrons. The summed E-state index contributed by atoms with van der Waals surface area (Å²) in [6.45, 7) is -0.0153. The number of carbonyl (C=O) groups is 4. The molecular formula is C39H49N5O9S2.